The number of nitrogen functional groups attached to an aromatic ring is 1. The first-order valence-electron chi connectivity index (χ1n) is 5.67. The number of nitrogens with one attached hydrogen (secondary N) is 1. The minimum Gasteiger partial charge on any atom is -0.384 e. The summed E-state index contributed by atoms with van der Waals surface area (Å²) in [5.74, 6) is 0.146. The van der Waals surface area contributed by atoms with Crippen LogP contribution in [0.3, 0.4) is 0 Å². The fourth-order valence-corrected chi connectivity index (χ4v) is 1.61. The molecule has 0 bridgehead atoms. The van der Waals surface area contributed by atoms with Crippen LogP contribution >= 0.6 is 12.4 Å². The average molecular weight is 241 g/mol. The molecule has 0 saturated heterocycles. The van der Waals surface area contributed by atoms with Gasteiger partial charge in [-0.2, -0.15) is 0 Å². The highest BCUT2D eigenvalue weighted by Crippen LogP contribution is 2.09. The van der Waals surface area contributed by atoms with Crippen molar-refractivity contribution >= 4 is 18.2 Å². The molecule has 0 aliphatic carbocycles. The number of unbranched alkanes of at least 4 members (excludes halogenated alkanes) is 3. The van der Waals surface area contributed by atoms with Crippen LogP contribution < -0.4 is 5.73 Å². The second-order valence-corrected chi connectivity index (χ2v) is 3.92. The number of hydrogen-bond donors (Lipinski definition) is 2. The van der Waals surface area contributed by atoms with Gasteiger partial charge in [0.1, 0.15) is 5.84 Å². The molecule has 3 N–H and O–H groups in total. The standard InChI is InChI=1S/C13H20N2.ClH/c1-2-3-4-5-6-11-7-9-12(10-8-11)13(14)15;/h7-10H,2-6H2,1H3,(H3,14,15);1H. The first-order valence-corrected chi connectivity index (χ1v) is 5.67. The zero-order valence-corrected chi connectivity index (χ0v) is 10.6. The molecule has 0 atom stereocenters. The Morgan fingerprint density at radius 2 is 1.75 bits per heavy atom. The van der Waals surface area contributed by atoms with Crippen molar-refractivity contribution in [2.24, 2.45) is 5.73 Å². The van der Waals surface area contributed by atoms with Gasteiger partial charge in [-0.1, -0.05) is 50.5 Å². The van der Waals surface area contributed by atoms with Gasteiger partial charge in [-0.3, -0.25) is 5.41 Å². The number of aryl methyl sites for hydroxylation is 1. The highest BCUT2D eigenvalue weighted by molar-refractivity contribution is 5.94. The number of nitrogens with two attached hydrogens (primary N) is 1. The zero-order chi connectivity index (χ0) is 11.1. The van der Waals surface area contributed by atoms with Crippen molar-refractivity contribution < 1.29 is 0 Å². The zero-order valence-electron chi connectivity index (χ0n) is 9.83. The van der Waals surface area contributed by atoms with E-state index in [4.69, 9.17) is 11.1 Å². The summed E-state index contributed by atoms with van der Waals surface area (Å²) in [6.07, 6.45) is 6.31. The third kappa shape index (κ3) is 5.17. The fourth-order valence-electron chi connectivity index (χ4n) is 1.61. The third-order valence-electron chi connectivity index (χ3n) is 2.58. The molecule has 1 aromatic carbocycles. The molecule has 0 amide bonds. The van der Waals surface area contributed by atoms with E-state index in [2.05, 4.69) is 19.1 Å². The lowest BCUT2D eigenvalue weighted by molar-refractivity contribution is 0.667. The van der Waals surface area contributed by atoms with Gasteiger partial charge in [-0.05, 0) is 18.4 Å². The molecule has 0 saturated carbocycles. The van der Waals surface area contributed by atoms with Crippen molar-refractivity contribution in [3.8, 4) is 0 Å². The SMILES string of the molecule is CCCCCCc1ccc(C(=N)N)cc1.Cl. The molecule has 0 unspecified atom stereocenters. The number of halogens is 1. The molecule has 0 aliphatic heterocycles. The van der Waals surface area contributed by atoms with Crippen LogP contribution in [0, 0.1) is 5.41 Å². The van der Waals surface area contributed by atoms with E-state index in [1.807, 2.05) is 12.1 Å². The van der Waals surface area contributed by atoms with Gasteiger partial charge in [-0.25, -0.2) is 0 Å². The lowest BCUT2D eigenvalue weighted by Gasteiger charge is -2.02. The monoisotopic (exact) mass is 240 g/mol. The number of hydrogen-bond acceptors (Lipinski definition) is 1. The number of benzene rings is 1. The largest absolute Gasteiger partial charge is 0.384 e. The normalized spacial score (nSPS) is 9.56. The van der Waals surface area contributed by atoms with Gasteiger partial charge < -0.3 is 5.73 Å². The summed E-state index contributed by atoms with van der Waals surface area (Å²) >= 11 is 0. The number of amidine groups is 1. The Morgan fingerprint density at radius 1 is 1.12 bits per heavy atom. The van der Waals surface area contributed by atoms with E-state index in [-0.39, 0.29) is 18.2 Å². The van der Waals surface area contributed by atoms with E-state index in [1.165, 1.54) is 31.2 Å². The molecule has 16 heavy (non-hydrogen) atoms. The Morgan fingerprint density at radius 3 is 2.25 bits per heavy atom. The van der Waals surface area contributed by atoms with Gasteiger partial charge in [0.15, 0.2) is 0 Å². The molecule has 90 valence electrons. The van der Waals surface area contributed by atoms with Crippen LogP contribution in [0.4, 0.5) is 0 Å². The van der Waals surface area contributed by atoms with Crippen molar-refractivity contribution in [3.05, 3.63) is 35.4 Å². The highest BCUT2D eigenvalue weighted by atomic mass is 35.5. The summed E-state index contributed by atoms with van der Waals surface area (Å²) < 4.78 is 0. The molecule has 1 rings (SSSR count). The maximum atomic E-state index is 7.28. The summed E-state index contributed by atoms with van der Waals surface area (Å²) in [4.78, 5) is 0. The second-order valence-electron chi connectivity index (χ2n) is 3.92. The van der Waals surface area contributed by atoms with E-state index in [1.54, 1.807) is 0 Å². The molecule has 0 radical (unpaired) electrons. The van der Waals surface area contributed by atoms with E-state index < -0.39 is 0 Å². The van der Waals surface area contributed by atoms with Crippen molar-refractivity contribution in [3.63, 3.8) is 0 Å². The van der Waals surface area contributed by atoms with Crippen LogP contribution in [0.15, 0.2) is 24.3 Å². The fraction of sp³-hybridized carbons (Fsp3) is 0.462. The first kappa shape index (κ1) is 15.0. The lowest BCUT2D eigenvalue weighted by atomic mass is 10.0. The van der Waals surface area contributed by atoms with Crippen molar-refractivity contribution in [2.45, 2.75) is 39.0 Å². The Kier molecular flexibility index (Phi) is 7.65. The summed E-state index contributed by atoms with van der Waals surface area (Å²) in [5, 5.41) is 7.28. The maximum Gasteiger partial charge on any atom is 0.122 e. The average Bonchev–Trinajstić information content (AvgIpc) is 2.25. The molecule has 3 heteroatoms. The molecular formula is C13H21ClN2. The Bertz CT molecular complexity index is 306. The molecule has 0 heterocycles. The van der Waals surface area contributed by atoms with Gasteiger partial charge in [0, 0.05) is 5.56 Å². The van der Waals surface area contributed by atoms with E-state index >= 15 is 0 Å². The predicted octanol–water partition coefficient (Wildman–Crippen LogP) is 3.52. The molecule has 0 spiro atoms. The molecular weight excluding hydrogens is 220 g/mol. The third-order valence-corrected chi connectivity index (χ3v) is 2.58. The molecule has 0 fully saturated rings. The smallest absolute Gasteiger partial charge is 0.122 e. The molecule has 1 aromatic rings. The van der Waals surface area contributed by atoms with Crippen LogP contribution in [0.25, 0.3) is 0 Å². The van der Waals surface area contributed by atoms with Crippen LogP contribution in [0.2, 0.25) is 0 Å². The maximum absolute atomic E-state index is 7.28. The Balaban J connectivity index is 0.00000225. The Hall–Kier alpha value is -1.02. The quantitative estimate of drug-likeness (QED) is 0.446. The van der Waals surface area contributed by atoms with Crippen molar-refractivity contribution in [1.29, 1.82) is 5.41 Å². The first-order chi connectivity index (χ1) is 7.24. The van der Waals surface area contributed by atoms with E-state index in [0.29, 0.717) is 0 Å². The number of rotatable bonds is 6. The lowest BCUT2D eigenvalue weighted by Crippen LogP contribution is -2.10. The van der Waals surface area contributed by atoms with Gasteiger partial charge in [0.25, 0.3) is 0 Å². The summed E-state index contributed by atoms with van der Waals surface area (Å²) in [6.45, 7) is 2.22. The van der Waals surface area contributed by atoms with Gasteiger partial charge in [0.05, 0.1) is 0 Å². The minimum atomic E-state index is 0. The summed E-state index contributed by atoms with van der Waals surface area (Å²) in [5.41, 5.74) is 7.54. The summed E-state index contributed by atoms with van der Waals surface area (Å²) in [6, 6.07) is 8.00. The van der Waals surface area contributed by atoms with E-state index in [9.17, 15) is 0 Å². The molecule has 0 aromatic heterocycles. The van der Waals surface area contributed by atoms with Gasteiger partial charge in [0.2, 0.25) is 0 Å². The van der Waals surface area contributed by atoms with E-state index in [0.717, 1.165) is 12.0 Å². The van der Waals surface area contributed by atoms with Crippen molar-refractivity contribution in [2.75, 3.05) is 0 Å². The topological polar surface area (TPSA) is 49.9 Å². The second kappa shape index (κ2) is 8.17. The van der Waals surface area contributed by atoms with Crippen LogP contribution in [0.5, 0.6) is 0 Å². The molecule has 2 nitrogen and oxygen atoms in total. The van der Waals surface area contributed by atoms with Crippen LogP contribution in [-0.4, -0.2) is 5.84 Å². The predicted molar refractivity (Wildman–Crippen MR) is 72.6 cm³/mol. The highest BCUT2D eigenvalue weighted by Gasteiger charge is 1.97. The minimum absolute atomic E-state index is 0. The summed E-state index contributed by atoms with van der Waals surface area (Å²) in [7, 11) is 0. The Labute approximate surface area is 104 Å². The van der Waals surface area contributed by atoms with Gasteiger partial charge >= 0.3 is 0 Å². The van der Waals surface area contributed by atoms with Gasteiger partial charge in [-0.15, -0.1) is 12.4 Å². The van der Waals surface area contributed by atoms with Crippen molar-refractivity contribution in [1.82, 2.24) is 0 Å². The molecule has 0 aliphatic rings. The van der Waals surface area contributed by atoms with Crippen LogP contribution in [-0.2, 0) is 6.42 Å². The van der Waals surface area contributed by atoms with Crippen LogP contribution in [0.1, 0.15) is 43.7 Å².